The molecule has 1 aliphatic rings. The highest BCUT2D eigenvalue weighted by Gasteiger charge is 2.35. The van der Waals surface area contributed by atoms with Crippen LogP contribution in [0.15, 0.2) is 0 Å². The molecule has 2 unspecified atom stereocenters. The van der Waals surface area contributed by atoms with E-state index in [2.05, 4.69) is 12.2 Å². The summed E-state index contributed by atoms with van der Waals surface area (Å²) >= 11 is 0. The third-order valence-corrected chi connectivity index (χ3v) is 4.41. The van der Waals surface area contributed by atoms with Crippen molar-refractivity contribution >= 4 is 24.2 Å². The second-order valence-corrected chi connectivity index (χ2v) is 7.67. The zero-order valence-electron chi connectivity index (χ0n) is 15.2. The smallest absolute Gasteiger partial charge is 0.240 e. The number of nitrogens with one attached hydrogen (secondary N) is 1. The number of carbonyl (C=O) groups excluding carboxylic acids is 2. The van der Waals surface area contributed by atoms with Crippen LogP contribution >= 0.6 is 12.4 Å². The average molecular weight is 348 g/mol. The molecule has 0 spiro atoms. The van der Waals surface area contributed by atoms with E-state index in [1.807, 2.05) is 27.7 Å². The molecule has 5 nitrogen and oxygen atoms in total. The van der Waals surface area contributed by atoms with Crippen LogP contribution in [0.3, 0.4) is 0 Å². The van der Waals surface area contributed by atoms with Crippen LogP contribution in [0.25, 0.3) is 0 Å². The third-order valence-electron chi connectivity index (χ3n) is 4.41. The van der Waals surface area contributed by atoms with Gasteiger partial charge in [0.05, 0.1) is 12.0 Å². The molecule has 0 saturated carbocycles. The monoisotopic (exact) mass is 347 g/mol. The number of rotatable bonds is 5. The summed E-state index contributed by atoms with van der Waals surface area (Å²) in [5, 5.41) is 3.06. The van der Waals surface area contributed by atoms with Crippen LogP contribution in [0.1, 0.15) is 60.3 Å². The molecule has 1 heterocycles. The summed E-state index contributed by atoms with van der Waals surface area (Å²) in [4.78, 5) is 26.6. The Morgan fingerprint density at radius 2 is 1.96 bits per heavy atom. The van der Waals surface area contributed by atoms with Gasteiger partial charge in [-0.15, -0.1) is 12.4 Å². The van der Waals surface area contributed by atoms with Crippen LogP contribution < -0.4 is 11.1 Å². The second kappa shape index (κ2) is 9.48. The van der Waals surface area contributed by atoms with Crippen LogP contribution in [0, 0.1) is 11.3 Å². The topological polar surface area (TPSA) is 75.4 Å². The van der Waals surface area contributed by atoms with Crippen molar-refractivity contribution in [3.8, 4) is 0 Å². The summed E-state index contributed by atoms with van der Waals surface area (Å²) in [6, 6.07) is -0.325. The van der Waals surface area contributed by atoms with Crippen LogP contribution in [-0.2, 0) is 9.59 Å². The highest BCUT2D eigenvalue weighted by molar-refractivity contribution is 5.85. The number of piperidine rings is 1. The molecule has 0 radical (unpaired) electrons. The van der Waals surface area contributed by atoms with E-state index in [0.717, 1.165) is 25.7 Å². The number of carbonyl (C=O) groups is 2. The van der Waals surface area contributed by atoms with Gasteiger partial charge in [0, 0.05) is 19.1 Å². The minimum atomic E-state index is -0.520. The Bertz CT molecular complexity index is 396. The summed E-state index contributed by atoms with van der Waals surface area (Å²) < 4.78 is 0. The summed E-state index contributed by atoms with van der Waals surface area (Å²) in [5.74, 6) is -0.0708. The number of hydrogen-bond donors (Lipinski definition) is 2. The summed E-state index contributed by atoms with van der Waals surface area (Å²) in [6.07, 6.45) is 3.75. The molecule has 0 aromatic heterocycles. The zero-order valence-corrected chi connectivity index (χ0v) is 16.0. The molecule has 23 heavy (non-hydrogen) atoms. The van der Waals surface area contributed by atoms with Crippen LogP contribution in [0.5, 0.6) is 0 Å². The van der Waals surface area contributed by atoms with E-state index in [4.69, 9.17) is 5.73 Å². The third kappa shape index (κ3) is 6.68. The number of halogens is 1. The fourth-order valence-electron chi connectivity index (χ4n) is 2.82. The molecule has 2 amide bonds. The Morgan fingerprint density at radius 1 is 1.35 bits per heavy atom. The number of nitrogens with two attached hydrogens (primary N) is 1. The van der Waals surface area contributed by atoms with Crippen molar-refractivity contribution < 1.29 is 9.59 Å². The minimum Gasteiger partial charge on any atom is -0.353 e. The van der Waals surface area contributed by atoms with Gasteiger partial charge in [0.25, 0.3) is 0 Å². The number of hydrogen-bond acceptors (Lipinski definition) is 3. The van der Waals surface area contributed by atoms with Gasteiger partial charge in [0.1, 0.15) is 0 Å². The van der Waals surface area contributed by atoms with Gasteiger partial charge in [-0.25, -0.2) is 0 Å². The van der Waals surface area contributed by atoms with E-state index in [1.54, 1.807) is 4.90 Å². The van der Waals surface area contributed by atoms with E-state index < -0.39 is 6.04 Å². The van der Waals surface area contributed by atoms with Crippen molar-refractivity contribution in [2.75, 3.05) is 13.1 Å². The molecule has 0 aliphatic carbocycles. The van der Waals surface area contributed by atoms with Gasteiger partial charge in [-0.3, -0.25) is 9.59 Å². The van der Waals surface area contributed by atoms with Crippen molar-refractivity contribution in [3.63, 3.8) is 0 Å². The molecule has 3 N–H and O–H groups in total. The molecule has 136 valence electrons. The quantitative estimate of drug-likeness (QED) is 0.801. The summed E-state index contributed by atoms with van der Waals surface area (Å²) in [5.41, 5.74) is 5.81. The van der Waals surface area contributed by atoms with Crippen molar-refractivity contribution in [1.29, 1.82) is 0 Å². The van der Waals surface area contributed by atoms with Crippen molar-refractivity contribution in [2.24, 2.45) is 17.1 Å². The normalized spacial score (nSPS) is 21.1. The lowest BCUT2D eigenvalue weighted by molar-refractivity contribution is -0.138. The molecular weight excluding hydrogens is 314 g/mol. The Hall–Kier alpha value is -0.810. The Morgan fingerprint density at radius 3 is 2.48 bits per heavy atom. The molecule has 1 rings (SSSR count). The van der Waals surface area contributed by atoms with Crippen LogP contribution in [-0.4, -0.2) is 41.9 Å². The van der Waals surface area contributed by atoms with Gasteiger partial charge in [-0.05, 0) is 31.6 Å². The van der Waals surface area contributed by atoms with E-state index >= 15 is 0 Å². The number of nitrogens with zero attached hydrogens (tertiary/aromatic N) is 1. The van der Waals surface area contributed by atoms with Gasteiger partial charge in [-0.2, -0.15) is 0 Å². The van der Waals surface area contributed by atoms with Gasteiger partial charge in [0.15, 0.2) is 0 Å². The Labute approximate surface area is 147 Å². The van der Waals surface area contributed by atoms with E-state index in [0.29, 0.717) is 13.1 Å². The molecule has 1 fully saturated rings. The number of likely N-dealkylation sites (tertiary alicyclic amines) is 1. The predicted molar refractivity (Wildman–Crippen MR) is 96.5 cm³/mol. The Balaban J connectivity index is 0.00000484. The minimum absolute atomic E-state index is 0. The van der Waals surface area contributed by atoms with Gasteiger partial charge in [-0.1, -0.05) is 34.1 Å². The lowest BCUT2D eigenvalue weighted by atomic mass is 9.85. The lowest BCUT2D eigenvalue weighted by Crippen LogP contribution is -2.54. The molecule has 1 aliphatic heterocycles. The maximum Gasteiger partial charge on any atom is 0.240 e. The molecule has 0 aromatic rings. The van der Waals surface area contributed by atoms with Crippen molar-refractivity contribution in [1.82, 2.24) is 10.2 Å². The van der Waals surface area contributed by atoms with Crippen molar-refractivity contribution in [2.45, 2.75) is 72.4 Å². The predicted octanol–water partition coefficient (Wildman–Crippen LogP) is 2.33. The second-order valence-electron chi connectivity index (χ2n) is 7.67. The van der Waals surface area contributed by atoms with E-state index in [1.165, 1.54) is 0 Å². The summed E-state index contributed by atoms with van der Waals surface area (Å²) in [6.45, 7) is 11.2. The maximum atomic E-state index is 12.5. The van der Waals surface area contributed by atoms with Gasteiger partial charge >= 0.3 is 0 Å². The first kappa shape index (κ1) is 22.2. The van der Waals surface area contributed by atoms with E-state index in [-0.39, 0.29) is 41.6 Å². The molecule has 6 heteroatoms. The SMILES string of the molecule is CCCC(C)NC(=O)C1CCCN(C(=O)[C@@H](N)C(C)(C)C)C1.Cl. The first-order chi connectivity index (χ1) is 10.2. The highest BCUT2D eigenvalue weighted by Crippen LogP contribution is 2.23. The zero-order chi connectivity index (χ0) is 16.9. The molecule has 3 atom stereocenters. The lowest BCUT2D eigenvalue weighted by Gasteiger charge is -2.37. The molecule has 0 bridgehead atoms. The first-order valence-electron chi connectivity index (χ1n) is 8.51. The van der Waals surface area contributed by atoms with E-state index in [9.17, 15) is 9.59 Å². The molecule has 1 saturated heterocycles. The van der Waals surface area contributed by atoms with Gasteiger partial charge < -0.3 is 16.0 Å². The standard InChI is InChI=1S/C17H33N3O2.ClH/c1-6-8-12(2)19-15(21)13-9-7-10-20(11-13)16(22)14(18)17(3,4)5;/h12-14H,6-11,18H2,1-5H3,(H,19,21);1H/t12?,13?,14-;/m1./s1. The maximum absolute atomic E-state index is 12.5. The first-order valence-corrected chi connectivity index (χ1v) is 8.51. The summed E-state index contributed by atoms with van der Waals surface area (Å²) in [7, 11) is 0. The average Bonchev–Trinajstić information content (AvgIpc) is 2.45. The van der Waals surface area contributed by atoms with Crippen LogP contribution in [0.4, 0.5) is 0 Å². The molecular formula is C17H34ClN3O2. The Kier molecular flexibility index (Phi) is 9.14. The molecule has 0 aromatic carbocycles. The van der Waals surface area contributed by atoms with Crippen LogP contribution in [0.2, 0.25) is 0 Å². The number of amides is 2. The van der Waals surface area contributed by atoms with Gasteiger partial charge in [0.2, 0.25) is 11.8 Å². The highest BCUT2D eigenvalue weighted by atomic mass is 35.5. The fourth-order valence-corrected chi connectivity index (χ4v) is 2.82. The van der Waals surface area contributed by atoms with Crippen molar-refractivity contribution in [3.05, 3.63) is 0 Å². The largest absolute Gasteiger partial charge is 0.353 e. The fraction of sp³-hybridized carbons (Fsp3) is 0.882.